The molecule has 0 aliphatic rings. The summed E-state index contributed by atoms with van der Waals surface area (Å²) in [6, 6.07) is 13.3. The number of hydrogen-bond donors (Lipinski definition) is 2. The van der Waals surface area contributed by atoms with E-state index in [0.717, 1.165) is 22.4 Å². The first-order valence-electron chi connectivity index (χ1n) is 9.11. The minimum atomic E-state index is -0.542. The number of primary amides is 1. The van der Waals surface area contributed by atoms with Crippen molar-refractivity contribution in [1.82, 2.24) is 9.97 Å². The highest BCUT2D eigenvalue weighted by Crippen LogP contribution is 2.27. The fraction of sp³-hybridized carbons (Fsp3) is 0.227. The summed E-state index contributed by atoms with van der Waals surface area (Å²) in [4.78, 5) is 20.7. The van der Waals surface area contributed by atoms with Crippen LogP contribution >= 0.6 is 0 Å². The normalized spacial score (nSPS) is 10.8. The van der Waals surface area contributed by atoms with Crippen molar-refractivity contribution in [1.29, 1.82) is 0 Å². The van der Waals surface area contributed by atoms with Gasteiger partial charge in [0.1, 0.15) is 5.75 Å². The summed E-state index contributed by atoms with van der Waals surface area (Å²) < 4.78 is 5.68. The minimum Gasteiger partial charge on any atom is -0.490 e. The first-order chi connectivity index (χ1) is 13.3. The first kappa shape index (κ1) is 19.4. The fourth-order valence-electron chi connectivity index (χ4n) is 2.99. The smallest absolute Gasteiger partial charge is 0.252 e. The number of nitrogens with one attached hydrogen (secondary N) is 1. The Kier molecular flexibility index (Phi) is 5.59. The number of aryl methyl sites for hydroxylation is 2. The van der Waals surface area contributed by atoms with Crippen LogP contribution in [0.1, 0.15) is 35.3 Å². The third-order valence-electron chi connectivity index (χ3n) is 4.04. The third-order valence-corrected chi connectivity index (χ3v) is 4.04. The summed E-state index contributed by atoms with van der Waals surface area (Å²) >= 11 is 0. The maximum absolute atomic E-state index is 11.9. The van der Waals surface area contributed by atoms with Crippen LogP contribution in [0.5, 0.6) is 5.75 Å². The number of anilines is 2. The van der Waals surface area contributed by atoms with E-state index in [-0.39, 0.29) is 6.10 Å². The van der Waals surface area contributed by atoms with Gasteiger partial charge in [-0.2, -0.15) is 0 Å². The fourth-order valence-corrected chi connectivity index (χ4v) is 2.99. The van der Waals surface area contributed by atoms with Gasteiger partial charge in [-0.05, 0) is 75.2 Å². The highest BCUT2D eigenvalue weighted by molar-refractivity contribution is 5.97. The second kappa shape index (κ2) is 8.08. The molecule has 6 nitrogen and oxygen atoms in total. The van der Waals surface area contributed by atoms with Crippen LogP contribution in [0.3, 0.4) is 0 Å². The Hall–Kier alpha value is -3.41. The second-order valence-corrected chi connectivity index (χ2v) is 7.01. The molecule has 1 heterocycles. The maximum atomic E-state index is 11.9. The Morgan fingerprint density at radius 1 is 1.07 bits per heavy atom. The summed E-state index contributed by atoms with van der Waals surface area (Å²) in [6.07, 6.45) is 1.62. The van der Waals surface area contributed by atoms with Gasteiger partial charge >= 0.3 is 0 Å². The zero-order valence-corrected chi connectivity index (χ0v) is 16.5. The van der Waals surface area contributed by atoms with Crippen LogP contribution in [0.25, 0.3) is 11.3 Å². The number of ether oxygens (including phenoxy) is 1. The van der Waals surface area contributed by atoms with Crippen molar-refractivity contribution in [2.45, 2.75) is 33.8 Å². The average Bonchev–Trinajstić information content (AvgIpc) is 2.60. The zero-order valence-electron chi connectivity index (χ0n) is 16.5. The molecular weight excluding hydrogens is 352 g/mol. The number of rotatable bonds is 6. The van der Waals surface area contributed by atoms with Crippen LogP contribution in [0, 0.1) is 13.8 Å². The van der Waals surface area contributed by atoms with Crippen molar-refractivity contribution >= 4 is 17.5 Å². The van der Waals surface area contributed by atoms with Gasteiger partial charge in [0.05, 0.1) is 17.4 Å². The quantitative estimate of drug-likeness (QED) is 0.666. The van der Waals surface area contributed by atoms with Crippen LogP contribution in [0.2, 0.25) is 0 Å². The number of carbonyl (C=O) groups is 1. The molecule has 2 aromatic carbocycles. The van der Waals surface area contributed by atoms with E-state index >= 15 is 0 Å². The molecule has 3 aromatic rings. The topological polar surface area (TPSA) is 90.1 Å². The molecule has 1 aromatic heterocycles. The third kappa shape index (κ3) is 4.65. The van der Waals surface area contributed by atoms with Crippen LogP contribution in [-0.4, -0.2) is 22.0 Å². The highest BCUT2D eigenvalue weighted by atomic mass is 16.5. The van der Waals surface area contributed by atoms with Gasteiger partial charge in [0.25, 0.3) is 5.91 Å². The molecule has 0 aliphatic carbocycles. The summed E-state index contributed by atoms with van der Waals surface area (Å²) in [5.74, 6) is 0.402. The molecule has 144 valence electrons. The summed E-state index contributed by atoms with van der Waals surface area (Å²) in [6.45, 7) is 7.88. The summed E-state index contributed by atoms with van der Waals surface area (Å²) in [7, 11) is 0. The molecule has 0 fully saturated rings. The molecule has 0 atom stereocenters. The van der Waals surface area contributed by atoms with Crippen molar-refractivity contribution in [2.24, 2.45) is 5.73 Å². The van der Waals surface area contributed by atoms with Crippen molar-refractivity contribution in [3.05, 3.63) is 65.4 Å². The molecule has 6 heteroatoms. The number of carbonyl (C=O) groups excluding carboxylic acids is 1. The number of aromatic nitrogens is 2. The molecule has 28 heavy (non-hydrogen) atoms. The van der Waals surface area contributed by atoms with E-state index in [1.54, 1.807) is 24.4 Å². The molecule has 0 saturated heterocycles. The first-order valence-corrected chi connectivity index (χ1v) is 9.11. The van der Waals surface area contributed by atoms with Crippen LogP contribution in [0.4, 0.5) is 11.6 Å². The Balaban J connectivity index is 1.93. The Morgan fingerprint density at radius 2 is 1.79 bits per heavy atom. The van der Waals surface area contributed by atoms with Gasteiger partial charge < -0.3 is 15.8 Å². The van der Waals surface area contributed by atoms with E-state index in [1.807, 2.05) is 45.9 Å². The maximum Gasteiger partial charge on any atom is 0.252 e. The molecule has 3 rings (SSSR count). The van der Waals surface area contributed by atoms with Crippen LogP contribution in [-0.2, 0) is 0 Å². The van der Waals surface area contributed by atoms with Crippen molar-refractivity contribution in [2.75, 3.05) is 5.32 Å². The number of benzene rings is 2. The predicted octanol–water partition coefficient (Wildman–Crippen LogP) is 4.39. The van der Waals surface area contributed by atoms with Crippen LogP contribution in [0.15, 0.2) is 48.7 Å². The zero-order chi connectivity index (χ0) is 20.3. The molecule has 1 amide bonds. The average molecular weight is 376 g/mol. The number of nitrogens with zero attached hydrogens (tertiary/aromatic N) is 2. The Bertz CT molecular complexity index is 995. The molecule has 0 radical (unpaired) electrons. The largest absolute Gasteiger partial charge is 0.490 e. The SMILES string of the molecule is Cc1cc(C)cc(Nc2nccc(-c3ccc(OC(C)C)c(C(N)=O)c3)n2)c1. The van der Waals surface area contributed by atoms with Gasteiger partial charge in [0.15, 0.2) is 0 Å². The van der Waals surface area contributed by atoms with E-state index in [1.165, 1.54) is 0 Å². The van der Waals surface area contributed by atoms with E-state index in [4.69, 9.17) is 10.5 Å². The number of amides is 1. The van der Waals surface area contributed by atoms with Gasteiger partial charge in [-0.1, -0.05) is 6.07 Å². The van der Waals surface area contributed by atoms with E-state index in [0.29, 0.717) is 23.0 Å². The highest BCUT2D eigenvalue weighted by Gasteiger charge is 2.14. The van der Waals surface area contributed by atoms with Crippen molar-refractivity contribution in [3.8, 4) is 17.0 Å². The predicted molar refractivity (Wildman–Crippen MR) is 111 cm³/mol. The lowest BCUT2D eigenvalue weighted by atomic mass is 10.1. The lowest BCUT2D eigenvalue weighted by molar-refractivity contribution is 0.0994. The molecule has 3 N–H and O–H groups in total. The molecular formula is C22H24N4O2. The van der Waals surface area contributed by atoms with Gasteiger partial charge in [-0.15, -0.1) is 0 Å². The monoisotopic (exact) mass is 376 g/mol. The molecule has 0 bridgehead atoms. The Labute approximate surface area is 164 Å². The van der Waals surface area contributed by atoms with Crippen molar-refractivity contribution < 1.29 is 9.53 Å². The molecule has 0 saturated carbocycles. The molecule has 0 aliphatic heterocycles. The van der Waals surface area contributed by atoms with Crippen LogP contribution < -0.4 is 15.8 Å². The van der Waals surface area contributed by atoms with E-state index in [9.17, 15) is 4.79 Å². The van der Waals surface area contributed by atoms with Gasteiger partial charge in [0.2, 0.25) is 5.95 Å². The van der Waals surface area contributed by atoms with Gasteiger partial charge in [-0.25, -0.2) is 9.97 Å². The molecule has 0 spiro atoms. The lowest BCUT2D eigenvalue weighted by Gasteiger charge is -2.14. The number of nitrogens with two attached hydrogens (primary N) is 1. The van der Waals surface area contributed by atoms with Gasteiger partial charge in [-0.3, -0.25) is 4.79 Å². The second-order valence-electron chi connectivity index (χ2n) is 7.01. The lowest BCUT2D eigenvalue weighted by Crippen LogP contribution is -2.15. The van der Waals surface area contributed by atoms with E-state index < -0.39 is 5.91 Å². The molecule has 0 unspecified atom stereocenters. The Morgan fingerprint density at radius 3 is 2.43 bits per heavy atom. The minimum absolute atomic E-state index is 0.0587. The van der Waals surface area contributed by atoms with Crippen molar-refractivity contribution in [3.63, 3.8) is 0 Å². The standard InChI is InChI=1S/C22H24N4O2/c1-13(2)28-20-6-5-16(12-18(20)21(23)27)19-7-8-24-22(26-19)25-17-10-14(3)9-15(4)11-17/h5-13H,1-4H3,(H2,23,27)(H,24,25,26). The summed E-state index contributed by atoms with van der Waals surface area (Å²) in [5, 5.41) is 3.23. The number of hydrogen-bond acceptors (Lipinski definition) is 5. The van der Waals surface area contributed by atoms with E-state index in [2.05, 4.69) is 21.4 Å². The summed E-state index contributed by atoms with van der Waals surface area (Å²) in [5.41, 5.74) is 10.5. The van der Waals surface area contributed by atoms with Gasteiger partial charge in [0, 0.05) is 17.4 Å².